The average Bonchev–Trinajstić information content (AvgIpc) is 0.770. The number of methoxy groups -OCH3 is 14. The van der Waals surface area contributed by atoms with E-state index in [4.69, 9.17) is 166 Å². The molecule has 0 aliphatic carbocycles. The first-order valence-corrected chi connectivity index (χ1v) is 38.6. The zero-order valence-electron chi connectivity index (χ0n) is 71.6. The van der Waals surface area contributed by atoms with Crippen LogP contribution in [0.5, 0.6) is 0 Å². The van der Waals surface area contributed by atoms with Gasteiger partial charge in [-0.2, -0.15) is 79.0 Å². The number of carbonyl (C=O) groups is 7. The summed E-state index contributed by atoms with van der Waals surface area (Å²) < 4.78 is 512. The maximum absolute atomic E-state index is 14.9. The second-order valence-corrected chi connectivity index (χ2v) is 29.2. The standard InChI is InChI=1S/C70H91F21O43/c1-99-15-22-29-36(127-57(92)64(71,72)73)44(107-9)51(114-22)122-31-24(17-101-3)116-53(46(109-11)38(31)129-59(94)66(77,78)79)124-33-26(19-103-5)118-55(48(111-13)40(33)131-61(96)68(83,84)85)126-35-28(21-105-7)119-56(49(112-14)42(35)133-63(98)134-70(89,90)91)125-34-27(20-104-6)117-54(47(110-12)41(34)132-62(97)69(86,87)88)123-32-25(18-102-4)115-52(45(108-10)39(32)130-60(95)67(80,81)82)121-30-23(16-100-2)113-50(120-29)43(106-8)37(30)128-58(93)65(74,75)76/h22-56H,15-21H2,1-14H3/t22-,23-,24-,25-,26-,27-,28-,29-,30-,31-,32-,33-,34-,35-,36+,37+,38+,39+,40+,41+,42+,43-,44-,45-,46-,47-,48-,49-,50-,51-,52-,53-,54-,55-,56-/m1/s1. The van der Waals surface area contributed by atoms with E-state index in [1.54, 1.807) is 0 Å². The van der Waals surface area contributed by atoms with E-state index in [0.29, 0.717) is 49.8 Å². The van der Waals surface area contributed by atoms with Crippen LogP contribution in [0.1, 0.15) is 0 Å². The van der Waals surface area contributed by atoms with Gasteiger partial charge in [0, 0.05) is 99.5 Å². The third-order valence-corrected chi connectivity index (χ3v) is 20.7. The summed E-state index contributed by atoms with van der Waals surface area (Å²) in [6, 6.07) is 0. The van der Waals surface area contributed by atoms with Gasteiger partial charge in [-0.05, 0) is 0 Å². The van der Waals surface area contributed by atoms with Crippen LogP contribution >= 0.6 is 0 Å². The Kier molecular flexibility index (Phi) is 40.1. The largest absolute Gasteiger partial charge is 0.577 e. The van der Waals surface area contributed by atoms with Crippen LogP contribution < -0.4 is 0 Å². The molecule has 14 bridgehead atoms. The van der Waals surface area contributed by atoms with Crippen molar-refractivity contribution in [3.63, 3.8) is 0 Å². The van der Waals surface area contributed by atoms with Crippen LogP contribution in [0.25, 0.3) is 0 Å². The second-order valence-electron chi connectivity index (χ2n) is 29.2. The fourth-order valence-corrected chi connectivity index (χ4v) is 15.3. The van der Waals surface area contributed by atoms with Gasteiger partial charge in [-0.3, -0.25) is 0 Å². The first-order chi connectivity index (χ1) is 62.6. The summed E-state index contributed by atoms with van der Waals surface area (Å²) in [6.07, 6.45) is -139. The number of ether oxygens (including phenoxy) is 36. The SMILES string of the molecule is COC[C@H]1O[C@@H]2O[C@H]3[C@H](OC(=O)C(F)(F)F)[C@@H](OC)[C@@H](O[C@H]4[C@H](OC(=O)C(F)(F)F)[C@@H](OC)[C@@H](O[C@H]5[C@H](OC(=O)C(F)(F)F)[C@@H](OC)[C@@H](O[C@H]6[C@H](OC(=O)C(F)(F)F)[C@@H](OC)[C@@H](O[C@H]7[C@H](OC(=O)C(F)(F)F)[C@@H](OC)[C@@H](O[C@H]8[C@H](OC(=O)C(F)(F)F)[C@@H](OC)[C@@H](O[C@H]1[C@H](OC(=O)OC(F)(F)F)[C@H]2OC)O[C@@H]8COC)O[C@@H]7COC)O[C@@H]6COC)O[C@@H]5COC)O[C@@H]4COC)O[C@@H]3COC. The Hall–Kier alpha value is -6.50. The van der Waals surface area contributed by atoms with Crippen LogP contribution in [0.4, 0.5) is 97.0 Å². The third kappa shape index (κ3) is 27.6. The first kappa shape index (κ1) is 113. The molecular formula is C70H91F21O43. The van der Waals surface area contributed by atoms with Gasteiger partial charge >= 0.3 is 85.4 Å². The zero-order valence-corrected chi connectivity index (χ0v) is 71.6. The number of halogens is 21. The second kappa shape index (κ2) is 47.6. The average molecular weight is 2020 g/mol. The van der Waals surface area contributed by atoms with E-state index in [0.717, 1.165) is 49.8 Å². The highest BCUT2D eigenvalue weighted by Gasteiger charge is 2.67. The number of esters is 6. The van der Waals surface area contributed by atoms with Crippen molar-refractivity contribution < 1.29 is 296 Å². The summed E-state index contributed by atoms with van der Waals surface area (Å²) in [5.74, 6) is -19.4. The fraction of sp³-hybridized carbons (Fsp3) is 0.900. The van der Waals surface area contributed by atoms with Gasteiger partial charge in [0.2, 0.25) is 0 Å². The molecule has 0 unspecified atom stereocenters. The van der Waals surface area contributed by atoms with Gasteiger partial charge in [-0.25, -0.2) is 33.6 Å². The zero-order chi connectivity index (χ0) is 100. The molecule has 0 radical (unpaired) electrons. The molecule has 134 heavy (non-hydrogen) atoms. The minimum absolute atomic E-state index is 0.565. The summed E-state index contributed by atoms with van der Waals surface area (Å²) in [6.45, 7) is -8.15. The van der Waals surface area contributed by atoms with Crippen molar-refractivity contribution >= 4 is 42.0 Å². The van der Waals surface area contributed by atoms with Gasteiger partial charge in [-0.15, -0.1) is 13.2 Å². The summed E-state index contributed by atoms with van der Waals surface area (Å²) in [5, 5.41) is 0. The Bertz CT molecular complexity index is 3600. The van der Waals surface area contributed by atoms with E-state index >= 15 is 0 Å². The van der Waals surface area contributed by atoms with Crippen LogP contribution in [-0.2, 0) is 199 Å². The monoisotopic (exact) mass is 2020 g/mol. The van der Waals surface area contributed by atoms with Crippen molar-refractivity contribution in [3.05, 3.63) is 0 Å². The van der Waals surface area contributed by atoms with Crippen molar-refractivity contribution in [1.82, 2.24) is 0 Å². The molecule has 64 heteroatoms. The number of alkyl halides is 21. The predicted octanol–water partition coefficient (Wildman–Crippen LogP) is 2.29. The fourth-order valence-electron chi connectivity index (χ4n) is 15.3. The molecule has 21 saturated heterocycles. The lowest BCUT2D eigenvalue weighted by Crippen LogP contribution is -2.70. The van der Waals surface area contributed by atoms with Crippen LogP contribution in [0.15, 0.2) is 0 Å². The Morgan fingerprint density at radius 3 is 0.425 bits per heavy atom. The van der Waals surface area contributed by atoms with Crippen molar-refractivity contribution in [3.8, 4) is 0 Å². The Balaban J connectivity index is 1.45. The van der Waals surface area contributed by atoms with Crippen molar-refractivity contribution in [2.75, 3.05) is 146 Å². The number of hydrogen-bond donors (Lipinski definition) is 0. The normalized spacial score (nSPS) is 37.4. The lowest BCUT2D eigenvalue weighted by atomic mass is 9.94. The van der Waals surface area contributed by atoms with Crippen LogP contribution in [0.2, 0.25) is 0 Å². The van der Waals surface area contributed by atoms with Crippen LogP contribution in [-0.4, -0.2) is 446 Å². The van der Waals surface area contributed by atoms with E-state index in [9.17, 15) is 126 Å². The molecule has 0 saturated carbocycles. The maximum Gasteiger partial charge on any atom is 0.577 e. The molecule has 43 nitrogen and oxygen atoms in total. The number of carbonyl (C=O) groups excluding carboxylic acids is 7. The molecule has 0 amide bonds. The molecule has 0 aromatic rings. The Labute approximate surface area is 741 Å². The quantitative estimate of drug-likeness (QED) is 0.0616. The van der Waals surface area contributed by atoms with E-state index in [-0.39, 0.29) is 0 Å². The molecule has 21 aliphatic heterocycles. The maximum atomic E-state index is 14.9. The lowest BCUT2D eigenvalue weighted by molar-refractivity contribution is -0.402. The molecule has 35 atom stereocenters. The van der Waals surface area contributed by atoms with E-state index in [1.165, 1.54) is 0 Å². The van der Waals surface area contributed by atoms with Crippen molar-refractivity contribution in [2.45, 2.75) is 258 Å². The van der Waals surface area contributed by atoms with Crippen LogP contribution in [0.3, 0.4) is 0 Å². The molecule has 0 spiro atoms. The molecular weight excluding hydrogens is 1930 g/mol. The highest BCUT2D eigenvalue weighted by atomic mass is 19.4. The summed E-state index contributed by atoms with van der Waals surface area (Å²) in [4.78, 5) is 94.1. The molecule has 21 heterocycles. The Morgan fingerprint density at radius 1 is 0.194 bits per heavy atom. The number of rotatable bonds is 28. The summed E-state index contributed by atoms with van der Waals surface area (Å²) in [5.41, 5.74) is 0. The van der Waals surface area contributed by atoms with E-state index in [1.807, 2.05) is 0 Å². The highest BCUT2D eigenvalue weighted by molar-refractivity contribution is 5.78. The smallest absolute Gasteiger partial charge is 0.450 e. The minimum atomic E-state index is -6.14. The van der Waals surface area contributed by atoms with Crippen LogP contribution in [0, 0.1) is 0 Å². The van der Waals surface area contributed by atoms with Gasteiger partial charge in [0.1, 0.15) is 128 Å². The van der Waals surface area contributed by atoms with E-state index < -0.39 is 347 Å². The Morgan fingerprint density at radius 2 is 0.321 bits per heavy atom. The molecule has 0 N–H and O–H groups in total. The third-order valence-electron chi connectivity index (χ3n) is 20.7. The molecule has 776 valence electrons. The van der Waals surface area contributed by atoms with Gasteiger partial charge < -0.3 is 171 Å². The highest BCUT2D eigenvalue weighted by Crippen LogP contribution is 2.46. The van der Waals surface area contributed by atoms with Gasteiger partial charge in [0.05, 0.1) is 46.2 Å². The first-order valence-electron chi connectivity index (χ1n) is 38.6. The minimum Gasteiger partial charge on any atom is -0.450 e. The van der Waals surface area contributed by atoms with Gasteiger partial charge in [0.15, 0.2) is 86.8 Å². The topological polar surface area (TPSA) is 452 Å². The molecule has 21 rings (SSSR count). The number of hydrogen-bond acceptors (Lipinski definition) is 43. The summed E-state index contributed by atoms with van der Waals surface area (Å²) in [7, 11) is 9.67. The van der Waals surface area contributed by atoms with Gasteiger partial charge in [0.25, 0.3) is 0 Å². The molecule has 21 aliphatic rings. The molecule has 21 fully saturated rings. The van der Waals surface area contributed by atoms with E-state index in [2.05, 4.69) is 4.74 Å². The lowest BCUT2D eigenvalue weighted by Gasteiger charge is -2.52. The van der Waals surface area contributed by atoms with Gasteiger partial charge in [-0.1, -0.05) is 0 Å². The summed E-state index contributed by atoms with van der Waals surface area (Å²) >= 11 is 0. The predicted molar refractivity (Wildman–Crippen MR) is 366 cm³/mol. The van der Waals surface area contributed by atoms with Crippen molar-refractivity contribution in [2.24, 2.45) is 0 Å². The van der Waals surface area contributed by atoms with Crippen molar-refractivity contribution in [1.29, 1.82) is 0 Å². The molecule has 0 aromatic carbocycles. The molecule has 0 aromatic heterocycles.